The molecule has 156 valence electrons. The first-order valence-electron chi connectivity index (χ1n) is 9.04. The molecule has 30 heavy (non-hydrogen) atoms. The number of carboxylic acid groups (broad SMARTS) is 1. The molecule has 1 heterocycles. The number of halogens is 3. The van der Waals surface area contributed by atoms with Crippen LogP contribution >= 0.6 is 23.2 Å². The van der Waals surface area contributed by atoms with Gasteiger partial charge in [0.15, 0.2) is 5.43 Å². The molecule has 0 aliphatic rings. The molecule has 0 bridgehead atoms. The van der Waals surface area contributed by atoms with Gasteiger partial charge in [-0.1, -0.05) is 35.3 Å². The molecule has 2 aromatic carbocycles. The maximum atomic E-state index is 14.5. The Morgan fingerprint density at radius 1 is 1.13 bits per heavy atom. The highest BCUT2D eigenvalue weighted by molar-refractivity contribution is 6.42. The van der Waals surface area contributed by atoms with Crippen molar-refractivity contribution in [3.05, 3.63) is 85.4 Å². The smallest absolute Gasteiger partial charge is 0.341 e. The van der Waals surface area contributed by atoms with Crippen LogP contribution in [0, 0.1) is 5.82 Å². The third kappa shape index (κ3) is 4.20. The molecule has 0 unspecified atom stereocenters. The molecule has 0 fully saturated rings. The van der Waals surface area contributed by atoms with Gasteiger partial charge in [-0.2, -0.15) is 0 Å². The van der Waals surface area contributed by atoms with Crippen molar-refractivity contribution in [3.63, 3.8) is 0 Å². The number of carbonyl (C=O) groups is 1. The van der Waals surface area contributed by atoms with E-state index >= 15 is 0 Å². The highest BCUT2D eigenvalue weighted by Crippen LogP contribution is 2.31. The van der Waals surface area contributed by atoms with Crippen molar-refractivity contribution < 1.29 is 19.0 Å². The van der Waals surface area contributed by atoms with Crippen LogP contribution in [-0.4, -0.2) is 22.8 Å². The molecular formula is C22H18Cl2FNO4. The van der Waals surface area contributed by atoms with Crippen LogP contribution in [-0.2, 0) is 13.0 Å². The van der Waals surface area contributed by atoms with E-state index in [2.05, 4.69) is 0 Å². The quantitative estimate of drug-likeness (QED) is 0.555. The molecule has 0 radical (unpaired) electrons. The third-order valence-electron chi connectivity index (χ3n) is 4.75. The van der Waals surface area contributed by atoms with Crippen LogP contribution < -0.4 is 10.2 Å². The van der Waals surface area contributed by atoms with Crippen molar-refractivity contribution >= 4 is 29.2 Å². The molecule has 5 nitrogen and oxygen atoms in total. The first-order valence-corrected chi connectivity index (χ1v) is 9.80. The first-order chi connectivity index (χ1) is 14.3. The molecule has 0 atom stereocenters. The Balaban J connectivity index is 2.25. The van der Waals surface area contributed by atoms with E-state index in [1.807, 2.05) is 6.92 Å². The van der Waals surface area contributed by atoms with Gasteiger partial charge in [-0.15, -0.1) is 0 Å². The molecule has 0 saturated carbocycles. The predicted molar refractivity (Wildman–Crippen MR) is 115 cm³/mol. The Hall–Kier alpha value is -2.83. The van der Waals surface area contributed by atoms with Gasteiger partial charge in [0.25, 0.3) is 0 Å². The number of nitrogens with zero attached hydrogens (tertiary/aromatic N) is 1. The lowest BCUT2D eigenvalue weighted by Gasteiger charge is -2.20. The Morgan fingerprint density at radius 2 is 1.87 bits per heavy atom. The van der Waals surface area contributed by atoms with E-state index < -0.39 is 17.2 Å². The Labute approximate surface area is 182 Å². The largest absolute Gasteiger partial charge is 0.497 e. The van der Waals surface area contributed by atoms with Crippen molar-refractivity contribution in [1.82, 2.24) is 4.57 Å². The lowest BCUT2D eigenvalue weighted by Crippen LogP contribution is -2.23. The van der Waals surface area contributed by atoms with Crippen LogP contribution in [0.25, 0.3) is 11.3 Å². The monoisotopic (exact) mass is 449 g/mol. The molecule has 1 aromatic heterocycles. The highest BCUT2D eigenvalue weighted by atomic mass is 35.5. The van der Waals surface area contributed by atoms with Gasteiger partial charge in [-0.05, 0) is 30.7 Å². The van der Waals surface area contributed by atoms with E-state index in [0.717, 1.165) is 0 Å². The normalized spacial score (nSPS) is 10.8. The van der Waals surface area contributed by atoms with Gasteiger partial charge < -0.3 is 14.4 Å². The zero-order chi connectivity index (χ0) is 22.0. The van der Waals surface area contributed by atoms with E-state index in [4.69, 9.17) is 27.9 Å². The topological polar surface area (TPSA) is 68.5 Å². The summed E-state index contributed by atoms with van der Waals surface area (Å²) in [6.07, 6.45) is 0.0904. The van der Waals surface area contributed by atoms with Crippen LogP contribution in [0.2, 0.25) is 10.0 Å². The first kappa shape index (κ1) is 21.9. The predicted octanol–water partition coefficient (Wildman–Crippen LogP) is 5.28. The molecule has 0 amide bonds. The lowest BCUT2D eigenvalue weighted by molar-refractivity contribution is 0.0695. The summed E-state index contributed by atoms with van der Waals surface area (Å²) in [5, 5.41) is 10.2. The fraction of sp³-hybridized carbons (Fsp3) is 0.182. The van der Waals surface area contributed by atoms with Gasteiger partial charge in [-0.25, -0.2) is 9.18 Å². The third-order valence-corrected chi connectivity index (χ3v) is 5.49. The SMILES string of the molecule is CCn1c(Cc2ccc(OC)cc2F)cc(=O)c(C(=O)O)c1-c1ccc(Cl)c(Cl)c1. The number of ether oxygens (including phenoxy) is 1. The van der Waals surface area contributed by atoms with E-state index in [1.165, 1.54) is 31.4 Å². The summed E-state index contributed by atoms with van der Waals surface area (Å²) in [4.78, 5) is 24.6. The summed E-state index contributed by atoms with van der Waals surface area (Å²) >= 11 is 12.1. The van der Waals surface area contributed by atoms with E-state index in [-0.39, 0.29) is 22.7 Å². The second-order valence-electron chi connectivity index (χ2n) is 6.54. The van der Waals surface area contributed by atoms with Gasteiger partial charge in [0.05, 0.1) is 22.8 Å². The minimum atomic E-state index is -1.36. The molecule has 8 heteroatoms. The van der Waals surface area contributed by atoms with E-state index in [0.29, 0.717) is 34.1 Å². The Bertz CT molecular complexity index is 1190. The number of hydrogen-bond acceptors (Lipinski definition) is 3. The fourth-order valence-electron chi connectivity index (χ4n) is 3.35. The van der Waals surface area contributed by atoms with Crippen molar-refractivity contribution in [1.29, 1.82) is 0 Å². The molecule has 0 spiro atoms. The number of aromatic nitrogens is 1. The highest BCUT2D eigenvalue weighted by Gasteiger charge is 2.22. The second kappa shape index (κ2) is 8.90. The van der Waals surface area contributed by atoms with E-state index in [9.17, 15) is 19.1 Å². The zero-order valence-corrected chi connectivity index (χ0v) is 17.7. The Morgan fingerprint density at radius 3 is 2.43 bits per heavy atom. The van der Waals surface area contributed by atoms with Crippen molar-refractivity contribution in [2.75, 3.05) is 7.11 Å². The summed E-state index contributed by atoms with van der Waals surface area (Å²) in [6, 6.07) is 10.3. The minimum absolute atomic E-state index is 0.0904. The molecular weight excluding hydrogens is 432 g/mol. The second-order valence-corrected chi connectivity index (χ2v) is 7.35. The summed E-state index contributed by atoms with van der Waals surface area (Å²) in [7, 11) is 1.44. The Kier molecular flexibility index (Phi) is 6.48. The summed E-state index contributed by atoms with van der Waals surface area (Å²) in [5.41, 5.74) is 0.391. The number of methoxy groups -OCH3 is 1. The number of aromatic carboxylic acids is 1. The average molecular weight is 450 g/mol. The summed E-state index contributed by atoms with van der Waals surface area (Å²) < 4.78 is 21.2. The number of carboxylic acids is 1. The maximum absolute atomic E-state index is 14.5. The van der Waals surface area contributed by atoms with Crippen molar-refractivity contribution in [2.24, 2.45) is 0 Å². The van der Waals surface area contributed by atoms with Crippen LogP contribution in [0.15, 0.2) is 47.3 Å². The van der Waals surface area contributed by atoms with Crippen LogP contribution in [0.5, 0.6) is 5.75 Å². The van der Waals surface area contributed by atoms with Crippen LogP contribution in [0.3, 0.4) is 0 Å². The molecule has 0 saturated heterocycles. The molecule has 3 aromatic rings. The summed E-state index contributed by atoms with van der Waals surface area (Å²) in [5.74, 6) is -1.46. The minimum Gasteiger partial charge on any atom is -0.497 e. The fourth-order valence-corrected chi connectivity index (χ4v) is 3.65. The van der Waals surface area contributed by atoms with Gasteiger partial charge >= 0.3 is 5.97 Å². The van der Waals surface area contributed by atoms with Gasteiger partial charge in [-0.3, -0.25) is 4.79 Å². The van der Waals surface area contributed by atoms with Gasteiger partial charge in [0.1, 0.15) is 17.1 Å². The average Bonchev–Trinajstić information content (AvgIpc) is 2.70. The van der Waals surface area contributed by atoms with E-state index in [1.54, 1.807) is 22.8 Å². The van der Waals surface area contributed by atoms with Crippen molar-refractivity contribution in [3.8, 4) is 17.0 Å². The van der Waals surface area contributed by atoms with Gasteiger partial charge in [0.2, 0.25) is 0 Å². The molecule has 0 aliphatic carbocycles. The number of hydrogen-bond donors (Lipinski definition) is 1. The standard InChI is InChI=1S/C22H18Cl2FNO4/c1-3-26-14(8-12-4-6-15(30-2)11-18(12)25)10-19(27)20(22(28)29)21(26)13-5-7-16(23)17(24)9-13/h4-7,9-11H,3,8H2,1-2H3,(H,28,29). The lowest BCUT2D eigenvalue weighted by atomic mass is 10.0. The number of pyridine rings is 1. The molecule has 1 N–H and O–H groups in total. The summed E-state index contributed by atoms with van der Waals surface area (Å²) in [6.45, 7) is 2.16. The molecule has 0 aliphatic heterocycles. The van der Waals surface area contributed by atoms with Gasteiger partial charge in [0, 0.05) is 36.4 Å². The van der Waals surface area contributed by atoms with Crippen LogP contribution in [0.1, 0.15) is 28.5 Å². The number of benzene rings is 2. The number of rotatable bonds is 6. The van der Waals surface area contributed by atoms with Crippen molar-refractivity contribution in [2.45, 2.75) is 19.9 Å². The maximum Gasteiger partial charge on any atom is 0.341 e. The molecule has 3 rings (SSSR count). The van der Waals surface area contributed by atoms with Crippen LogP contribution in [0.4, 0.5) is 4.39 Å². The zero-order valence-electron chi connectivity index (χ0n) is 16.2.